The highest BCUT2D eigenvalue weighted by Gasteiger charge is 2.17. The second-order valence-electron chi connectivity index (χ2n) is 5.23. The molecule has 1 atom stereocenters. The van der Waals surface area contributed by atoms with Gasteiger partial charge in [-0.2, -0.15) is 5.10 Å². The van der Waals surface area contributed by atoms with Crippen LogP contribution in [0.3, 0.4) is 0 Å². The third-order valence-corrected chi connectivity index (χ3v) is 4.79. The van der Waals surface area contributed by atoms with Gasteiger partial charge in [0.25, 0.3) is 0 Å². The minimum absolute atomic E-state index is 0.124. The summed E-state index contributed by atoms with van der Waals surface area (Å²) in [5.74, 6) is 0.654. The first-order valence-corrected chi connectivity index (χ1v) is 8.01. The van der Waals surface area contributed by atoms with Crippen molar-refractivity contribution in [2.45, 2.75) is 40.7 Å². The molecule has 0 fully saturated rings. The van der Waals surface area contributed by atoms with Crippen molar-refractivity contribution in [3.05, 3.63) is 38.2 Å². The van der Waals surface area contributed by atoms with Gasteiger partial charge in [-0.3, -0.25) is 0 Å². The van der Waals surface area contributed by atoms with Gasteiger partial charge in [0.2, 0.25) is 0 Å². The van der Waals surface area contributed by atoms with Gasteiger partial charge < -0.3 is 11.1 Å². The van der Waals surface area contributed by atoms with E-state index in [9.17, 15) is 0 Å². The zero-order valence-electron chi connectivity index (χ0n) is 12.9. The van der Waals surface area contributed by atoms with Crippen LogP contribution < -0.4 is 11.1 Å². The summed E-state index contributed by atoms with van der Waals surface area (Å²) in [6.45, 7) is 10.2. The zero-order chi connectivity index (χ0) is 15.7. The summed E-state index contributed by atoms with van der Waals surface area (Å²) >= 11 is 6.97. The Bertz CT molecular complexity index is 691. The lowest BCUT2D eigenvalue weighted by Crippen LogP contribution is -2.19. The topological polar surface area (TPSA) is 63.8 Å². The van der Waals surface area contributed by atoms with Crippen LogP contribution in [0.2, 0.25) is 0 Å². The van der Waals surface area contributed by atoms with Crippen molar-refractivity contribution in [3.8, 4) is 0 Å². The van der Waals surface area contributed by atoms with Gasteiger partial charge in [0, 0.05) is 9.75 Å². The Morgan fingerprint density at radius 1 is 1.29 bits per heavy atom. The predicted molar refractivity (Wildman–Crippen MR) is 93.2 cm³/mol. The van der Waals surface area contributed by atoms with Gasteiger partial charge in [0.1, 0.15) is 4.99 Å². The first-order chi connectivity index (χ1) is 9.81. The molecule has 4 nitrogen and oxygen atoms in total. The highest BCUT2D eigenvalue weighted by molar-refractivity contribution is 7.80. The van der Waals surface area contributed by atoms with Crippen LogP contribution in [0.4, 0.5) is 5.82 Å². The van der Waals surface area contributed by atoms with Crippen molar-refractivity contribution in [1.29, 1.82) is 0 Å². The molecule has 21 heavy (non-hydrogen) atoms. The molecule has 3 N–H and O–H groups in total. The fraction of sp³-hybridized carbons (Fsp3) is 0.400. The molecule has 0 aliphatic heterocycles. The number of aryl methyl sites for hydroxylation is 3. The van der Waals surface area contributed by atoms with Crippen LogP contribution in [0.1, 0.15) is 45.1 Å². The number of thiocarbonyl (C=S) groups is 1. The molecule has 0 saturated heterocycles. The normalized spacial score (nSPS) is 12.2. The molecule has 0 aliphatic rings. The average Bonchev–Trinajstić information content (AvgIpc) is 2.72. The van der Waals surface area contributed by atoms with Crippen molar-refractivity contribution >= 4 is 34.4 Å². The summed E-state index contributed by atoms with van der Waals surface area (Å²) in [6, 6.07) is 2.33. The number of aromatic nitrogens is 2. The van der Waals surface area contributed by atoms with Gasteiger partial charge in [0.15, 0.2) is 5.82 Å². The van der Waals surface area contributed by atoms with Crippen molar-refractivity contribution in [2.24, 2.45) is 5.73 Å². The van der Waals surface area contributed by atoms with E-state index in [4.69, 9.17) is 18.0 Å². The maximum Gasteiger partial charge on any atom is 0.159 e. The highest BCUT2D eigenvalue weighted by Crippen LogP contribution is 2.29. The van der Waals surface area contributed by atoms with Crippen LogP contribution in [-0.2, 0) is 0 Å². The molecule has 0 spiro atoms. The van der Waals surface area contributed by atoms with Crippen LogP contribution in [0.15, 0.2) is 6.07 Å². The molecule has 0 amide bonds. The average molecular weight is 320 g/mol. The molecule has 0 bridgehead atoms. The lowest BCUT2D eigenvalue weighted by Gasteiger charge is -2.18. The molecule has 0 aliphatic carbocycles. The SMILES string of the molecule is Cc1cc(C(C)Nc2nnc(C)c(C)c2C(N)=S)c(C)s1. The quantitative estimate of drug-likeness (QED) is 0.843. The zero-order valence-corrected chi connectivity index (χ0v) is 14.6. The van der Waals surface area contributed by atoms with Crippen molar-refractivity contribution < 1.29 is 0 Å². The van der Waals surface area contributed by atoms with Gasteiger partial charge in [0.05, 0.1) is 17.3 Å². The van der Waals surface area contributed by atoms with Gasteiger partial charge >= 0.3 is 0 Å². The Labute approximate surface area is 134 Å². The van der Waals surface area contributed by atoms with E-state index >= 15 is 0 Å². The summed E-state index contributed by atoms with van der Waals surface area (Å²) in [4.78, 5) is 2.96. The molecule has 0 saturated carbocycles. The van der Waals surface area contributed by atoms with E-state index in [1.165, 1.54) is 15.3 Å². The number of rotatable bonds is 4. The number of thiophene rings is 1. The fourth-order valence-corrected chi connectivity index (χ4v) is 3.65. The third kappa shape index (κ3) is 3.22. The maximum absolute atomic E-state index is 5.86. The van der Waals surface area contributed by atoms with Gasteiger partial charge in [-0.15, -0.1) is 16.4 Å². The minimum Gasteiger partial charge on any atom is -0.389 e. The number of nitrogens with two attached hydrogens (primary N) is 1. The molecule has 0 radical (unpaired) electrons. The maximum atomic E-state index is 5.86. The molecule has 112 valence electrons. The lowest BCUT2D eigenvalue weighted by atomic mass is 10.1. The number of hydrogen-bond acceptors (Lipinski definition) is 5. The summed E-state index contributed by atoms with van der Waals surface area (Å²) < 4.78 is 0. The molecule has 2 heterocycles. The van der Waals surface area contributed by atoms with E-state index in [2.05, 4.69) is 42.4 Å². The smallest absolute Gasteiger partial charge is 0.159 e. The first kappa shape index (κ1) is 15.9. The molecule has 2 aromatic rings. The number of nitrogens with one attached hydrogen (secondary N) is 1. The predicted octanol–water partition coefficient (Wildman–Crippen LogP) is 3.58. The van der Waals surface area contributed by atoms with Crippen molar-refractivity contribution in [1.82, 2.24) is 10.2 Å². The van der Waals surface area contributed by atoms with Gasteiger partial charge in [-0.1, -0.05) is 12.2 Å². The summed E-state index contributed by atoms with van der Waals surface area (Å²) in [5.41, 5.74) is 9.74. The second-order valence-corrected chi connectivity index (χ2v) is 7.13. The van der Waals surface area contributed by atoms with Crippen LogP contribution in [0.5, 0.6) is 0 Å². The number of nitrogens with zero attached hydrogens (tertiary/aromatic N) is 2. The second kappa shape index (κ2) is 6.07. The Hall–Kier alpha value is -1.53. The monoisotopic (exact) mass is 320 g/mol. The van der Waals surface area contributed by atoms with E-state index in [1.807, 2.05) is 13.8 Å². The molecular weight excluding hydrogens is 300 g/mol. The first-order valence-electron chi connectivity index (χ1n) is 6.78. The molecular formula is C15H20N4S2. The third-order valence-electron chi connectivity index (χ3n) is 3.60. The van der Waals surface area contributed by atoms with Gasteiger partial charge in [-0.05, 0) is 51.8 Å². The van der Waals surface area contributed by atoms with Crippen LogP contribution in [-0.4, -0.2) is 15.2 Å². The summed E-state index contributed by atoms with van der Waals surface area (Å²) in [7, 11) is 0. The molecule has 0 aromatic carbocycles. The van der Waals surface area contributed by atoms with E-state index in [1.54, 1.807) is 11.3 Å². The Morgan fingerprint density at radius 2 is 1.95 bits per heavy atom. The standard InChI is InChI=1S/C15H20N4S2/c1-7-6-12(11(5)21-7)10(4)17-15-13(14(16)20)8(2)9(3)18-19-15/h6,10H,1-5H3,(H2,16,20)(H,17,19). The Morgan fingerprint density at radius 3 is 2.48 bits per heavy atom. The summed E-state index contributed by atoms with van der Waals surface area (Å²) in [6.07, 6.45) is 0. The van der Waals surface area contributed by atoms with E-state index in [0.29, 0.717) is 10.8 Å². The van der Waals surface area contributed by atoms with Crippen LogP contribution >= 0.6 is 23.6 Å². The largest absolute Gasteiger partial charge is 0.389 e. The molecule has 2 rings (SSSR count). The Kier molecular flexibility index (Phi) is 4.58. The van der Waals surface area contributed by atoms with E-state index in [0.717, 1.165) is 16.8 Å². The van der Waals surface area contributed by atoms with Crippen molar-refractivity contribution in [2.75, 3.05) is 5.32 Å². The van der Waals surface area contributed by atoms with Gasteiger partial charge in [-0.25, -0.2) is 0 Å². The Balaban J connectivity index is 2.38. The van der Waals surface area contributed by atoms with E-state index < -0.39 is 0 Å². The van der Waals surface area contributed by atoms with E-state index in [-0.39, 0.29) is 6.04 Å². The lowest BCUT2D eigenvalue weighted by molar-refractivity contribution is 0.848. The summed E-state index contributed by atoms with van der Waals surface area (Å²) in [5, 5.41) is 11.8. The van der Waals surface area contributed by atoms with Crippen molar-refractivity contribution in [3.63, 3.8) is 0 Å². The molecule has 6 heteroatoms. The number of anilines is 1. The molecule has 1 unspecified atom stereocenters. The van der Waals surface area contributed by atoms with Crippen LogP contribution in [0, 0.1) is 27.7 Å². The fourth-order valence-electron chi connectivity index (χ4n) is 2.37. The number of hydrogen-bond donors (Lipinski definition) is 2. The highest BCUT2D eigenvalue weighted by atomic mass is 32.1. The van der Waals surface area contributed by atoms with Crippen LogP contribution in [0.25, 0.3) is 0 Å². The molecule has 2 aromatic heterocycles. The minimum atomic E-state index is 0.124.